The smallest absolute Gasteiger partial charge is 0.303 e. The summed E-state index contributed by atoms with van der Waals surface area (Å²) in [5, 5.41) is 17.9. The van der Waals surface area contributed by atoms with Gasteiger partial charge in [0.2, 0.25) is 0 Å². The van der Waals surface area contributed by atoms with Gasteiger partial charge in [-0.1, -0.05) is 80.1 Å². The Hall–Kier alpha value is -0.620. The lowest BCUT2D eigenvalue weighted by atomic mass is 10.1. The third-order valence-electron chi connectivity index (χ3n) is 4.12. The molecule has 0 atom stereocenters. The van der Waals surface area contributed by atoms with Crippen LogP contribution < -0.4 is 5.73 Å². The van der Waals surface area contributed by atoms with Crippen LogP contribution in [0.3, 0.4) is 0 Å². The van der Waals surface area contributed by atoms with Crippen molar-refractivity contribution in [3.05, 3.63) is 0 Å². The Morgan fingerprint density at radius 2 is 0.885 bits per heavy atom. The van der Waals surface area contributed by atoms with Crippen LogP contribution in [0, 0.1) is 0 Å². The molecule has 0 saturated carbocycles. The lowest BCUT2D eigenvalue weighted by Gasteiger charge is -1.99. The monoisotopic (exact) mass is 437 g/mol. The number of carboxylic acids is 2. The molecule has 0 aromatic carbocycles. The lowest BCUT2D eigenvalue weighted by Crippen LogP contribution is -1.97. The zero-order valence-electron chi connectivity index (χ0n) is 16.4. The summed E-state index contributed by atoms with van der Waals surface area (Å²) in [6.45, 7) is 0.791. The first-order chi connectivity index (χ1) is 12.5. The molecule has 0 rings (SSSR count). The molecule has 0 heterocycles. The summed E-state index contributed by atoms with van der Waals surface area (Å²) in [7, 11) is 0. The van der Waals surface area contributed by atoms with Crippen LogP contribution in [0.2, 0.25) is 0 Å². The summed E-state index contributed by atoms with van der Waals surface area (Å²) in [6, 6.07) is 0. The zero-order valence-corrected chi connectivity index (χ0v) is 18.0. The van der Waals surface area contributed by atoms with Gasteiger partial charge in [-0.2, -0.15) is 0 Å². The quantitative estimate of drug-likeness (QED) is 0.187. The van der Waals surface area contributed by atoms with E-state index in [2.05, 4.69) is 15.9 Å². The average Bonchev–Trinajstić information content (AvgIpc) is 2.60. The van der Waals surface area contributed by atoms with Crippen LogP contribution in [0.25, 0.3) is 0 Å². The van der Waals surface area contributed by atoms with Crippen LogP contribution in [0.15, 0.2) is 0 Å². The summed E-state index contributed by atoms with van der Waals surface area (Å²) >= 11 is 3.39. The predicted octanol–water partition coefficient (Wildman–Crippen LogP) is 5.74. The first-order valence-corrected chi connectivity index (χ1v) is 11.4. The number of hydrogen-bond donors (Lipinski definition) is 3. The number of aliphatic carboxylic acids is 2. The van der Waals surface area contributed by atoms with Crippen molar-refractivity contribution in [1.29, 1.82) is 0 Å². The SMILES string of the molecule is NCCCCCCCCCC(=O)O.O=C(O)CCCCCCCCCBr. The minimum Gasteiger partial charge on any atom is -0.481 e. The molecule has 26 heavy (non-hydrogen) atoms. The van der Waals surface area contributed by atoms with Crippen LogP contribution in [-0.4, -0.2) is 34.0 Å². The largest absolute Gasteiger partial charge is 0.481 e. The van der Waals surface area contributed by atoms with E-state index in [1.807, 2.05) is 0 Å². The number of halogens is 1. The molecule has 0 spiro atoms. The molecular weight excluding hydrogens is 398 g/mol. The Kier molecular flexibility index (Phi) is 25.9. The van der Waals surface area contributed by atoms with Crippen LogP contribution in [0.1, 0.15) is 103 Å². The maximum Gasteiger partial charge on any atom is 0.303 e. The van der Waals surface area contributed by atoms with Crippen molar-refractivity contribution in [2.24, 2.45) is 5.73 Å². The number of nitrogens with two attached hydrogens (primary N) is 1. The van der Waals surface area contributed by atoms with E-state index in [0.29, 0.717) is 12.8 Å². The van der Waals surface area contributed by atoms with Gasteiger partial charge in [0, 0.05) is 18.2 Å². The van der Waals surface area contributed by atoms with Crippen LogP contribution in [-0.2, 0) is 9.59 Å². The van der Waals surface area contributed by atoms with Gasteiger partial charge in [0.05, 0.1) is 0 Å². The number of carbonyl (C=O) groups is 2. The second-order valence-corrected chi connectivity index (χ2v) is 7.51. The fourth-order valence-electron chi connectivity index (χ4n) is 2.56. The summed E-state index contributed by atoms with van der Waals surface area (Å²) in [5.74, 6) is -1.34. The van der Waals surface area contributed by atoms with Gasteiger partial charge in [-0.25, -0.2) is 0 Å². The first kappa shape index (κ1) is 27.6. The second kappa shape index (κ2) is 24.4. The van der Waals surface area contributed by atoms with Gasteiger partial charge in [0.15, 0.2) is 0 Å². The Bertz CT molecular complexity index is 284. The second-order valence-electron chi connectivity index (χ2n) is 6.71. The van der Waals surface area contributed by atoms with Crippen LogP contribution >= 0.6 is 15.9 Å². The van der Waals surface area contributed by atoms with Gasteiger partial charge < -0.3 is 15.9 Å². The molecule has 0 unspecified atom stereocenters. The highest BCUT2D eigenvalue weighted by atomic mass is 79.9. The molecule has 0 bridgehead atoms. The summed E-state index contributed by atoms with van der Waals surface area (Å²) in [6.07, 6.45) is 16.7. The van der Waals surface area contributed by atoms with E-state index < -0.39 is 11.9 Å². The first-order valence-electron chi connectivity index (χ1n) is 10.2. The van der Waals surface area contributed by atoms with E-state index in [1.54, 1.807) is 0 Å². The summed E-state index contributed by atoms with van der Waals surface area (Å²) in [4.78, 5) is 20.3. The van der Waals surface area contributed by atoms with E-state index in [0.717, 1.165) is 50.4 Å². The Balaban J connectivity index is 0. The van der Waals surface area contributed by atoms with Crippen molar-refractivity contribution in [2.75, 3.05) is 11.9 Å². The number of carboxylic acid groups (broad SMARTS) is 2. The van der Waals surface area contributed by atoms with Gasteiger partial charge >= 0.3 is 11.9 Å². The predicted molar refractivity (Wildman–Crippen MR) is 112 cm³/mol. The molecule has 0 amide bonds. The minimum absolute atomic E-state index is 0.322. The van der Waals surface area contributed by atoms with Gasteiger partial charge in [-0.15, -0.1) is 0 Å². The molecule has 0 aliphatic rings. The number of rotatable bonds is 18. The molecule has 156 valence electrons. The maximum atomic E-state index is 10.2. The lowest BCUT2D eigenvalue weighted by molar-refractivity contribution is -0.138. The third-order valence-corrected chi connectivity index (χ3v) is 4.68. The molecule has 5 nitrogen and oxygen atoms in total. The Morgan fingerprint density at radius 1 is 0.577 bits per heavy atom. The van der Waals surface area contributed by atoms with Crippen LogP contribution in [0.5, 0.6) is 0 Å². The van der Waals surface area contributed by atoms with Gasteiger partial charge in [0.1, 0.15) is 0 Å². The topological polar surface area (TPSA) is 101 Å². The molecule has 0 aromatic heterocycles. The summed E-state index contributed by atoms with van der Waals surface area (Å²) in [5.41, 5.74) is 5.36. The molecule has 0 aromatic rings. The number of unbranched alkanes of at least 4 members (excludes halogenated alkanes) is 12. The molecule has 0 saturated heterocycles. The fourth-order valence-corrected chi connectivity index (χ4v) is 2.96. The van der Waals surface area contributed by atoms with Gasteiger partial charge in [0.25, 0.3) is 0 Å². The molecule has 4 N–H and O–H groups in total. The van der Waals surface area contributed by atoms with Crippen molar-refractivity contribution in [1.82, 2.24) is 0 Å². The Labute approximate surface area is 168 Å². The maximum absolute atomic E-state index is 10.2. The average molecular weight is 438 g/mol. The van der Waals surface area contributed by atoms with Gasteiger partial charge in [-0.05, 0) is 32.2 Å². The Morgan fingerprint density at radius 3 is 1.19 bits per heavy atom. The zero-order chi connectivity index (χ0) is 19.9. The van der Waals surface area contributed by atoms with Crippen LogP contribution in [0.4, 0.5) is 0 Å². The molecule has 0 fully saturated rings. The summed E-state index contributed by atoms with van der Waals surface area (Å²) < 4.78 is 0. The molecular formula is C20H40BrNO4. The van der Waals surface area contributed by atoms with Crippen molar-refractivity contribution in [2.45, 2.75) is 103 Å². The van der Waals surface area contributed by atoms with Crippen molar-refractivity contribution in [3.63, 3.8) is 0 Å². The van der Waals surface area contributed by atoms with E-state index in [1.165, 1.54) is 51.4 Å². The third kappa shape index (κ3) is 31.2. The highest BCUT2D eigenvalue weighted by Crippen LogP contribution is 2.09. The standard InChI is InChI=1S/C10H19BrO2.C10H21NO2/c2*11-9-7-5-3-1-2-4-6-8-10(12)13/h1-9H2,(H,12,13);1-9,11H2,(H,12,13). The van der Waals surface area contributed by atoms with Crippen molar-refractivity contribution in [3.8, 4) is 0 Å². The van der Waals surface area contributed by atoms with Gasteiger partial charge in [-0.3, -0.25) is 9.59 Å². The van der Waals surface area contributed by atoms with E-state index in [9.17, 15) is 9.59 Å². The fraction of sp³-hybridized carbons (Fsp3) is 0.900. The molecule has 6 heteroatoms. The molecule has 0 aliphatic carbocycles. The highest BCUT2D eigenvalue weighted by Gasteiger charge is 1.97. The van der Waals surface area contributed by atoms with E-state index in [4.69, 9.17) is 15.9 Å². The molecule has 0 radical (unpaired) electrons. The number of hydrogen-bond acceptors (Lipinski definition) is 3. The van der Waals surface area contributed by atoms with Crippen molar-refractivity contribution >= 4 is 27.9 Å². The minimum atomic E-state index is -0.678. The van der Waals surface area contributed by atoms with E-state index >= 15 is 0 Å². The van der Waals surface area contributed by atoms with Crippen molar-refractivity contribution < 1.29 is 19.8 Å². The normalized spacial score (nSPS) is 10.2. The highest BCUT2D eigenvalue weighted by molar-refractivity contribution is 9.09. The van der Waals surface area contributed by atoms with E-state index in [-0.39, 0.29) is 0 Å². The number of alkyl halides is 1. The molecule has 0 aliphatic heterocycles.